The number of rotatable bonds is 17. The van der Waals surface area contributed by atoms with Crippen molar-refractivity contribution in [3.05, 3.63) is 49.6 Å². The van der Waals surface area contributed by atoms with Crippen LogP contribution in [0, 0.1) is 0 Å². The van der Waals surface area contributed by atoms with E-state index in [1.807, 2.05) is 12.2 Å². The molecule has 0 spiro atoms. The lowest BCUT2D eigenvalue weighted by Crippen LogP contribution is -1.84. The highest BCUT2D eigenvalue weighted by molar-refractivity contribution is 5.10. The average molecular weight is 303 g/mol. The maximum absolute atomic E-state index is 3.95. The van der Waals surface area contributed by atoms with E-state index in [0.717, 1.165) is 12.8 Å². The average Bonchev–Trinajstić information content (AvgIpc) is 2.54. The van der Waals surface area contributed by atoms with Crippen LogP contribution in [0.4, 0.5) is 0 Å². The first-order valence-electron chi connectivity index (χ1n) is 9.31. The van der Waals surface area contributed by atoms with Crippen LogP contribution in [0.15, 0.2) is 49.6 Å². The lowest BCUT2D eigenvalue weighted by atomic mass is 10.0. The summed E-state index contributed by atoms with van der Waals surface area (Å²) >= 11 is 0. The van der Waals surface area contributed by atoms with Crippen molar-refractivity contribution in [2.75, 3.05) is 0 Å². The standard InChI is InChI=1S/C22H38/c1-5-21(3)19-17-15-13-11-9-7-8-10-12-14-16-18-20-22(4)6-2/h5-6H,1-4,7-20H2. The molecule has 0 N–H and O–H groups in total. The number of hydrogen-bond acceptors (Lipinski definition) is 0. The van der Waals surface area contributed by atoms with Gasteiger partial charge in [0.1, 0.15) is 0 Å². The van der Waals surface area contributed by atoms with Gasteiger partial charge in [-0.2, -0.15) is 0 Å². The van der Waals surface area contributed by atoms with E-state index in [-0.39, 0.29) is 0 Å². The molecule has 0 rings (SSSR count). The van der Waals surface area contributed by atoms with Gasteiger partial charge in [-0.25, -0.2) is 0 Å². The molecule has 0 unspecified atom stereocenters. The first-order valence-corrected chi connectivity index (χ1v) is 9.31. The Kier molecular flexibility index (Phi) is 15.6. The molecule has 0 radical (unpaired) electrons. The van der Waals surface area contributed by atoms with Crippen molar-refractivity contribution in [1.82, 2.24) is 0 Å². The molecule has 0 aromatic heterocycles. The molecule has 0 aromatic carbocycles. The molecule has 126 valence electrons. The predicted octanol–water partition coefficient (Wildman–Crippen LogP) is 7.93. The van der Waals surface area contributed by atoms with Gasteiger partial charge >= 0.3 is 0 Å². The van der Waals surface area contributed by atoms with Crippen LogP contribution < -0.4 is 0 Å². The summed E-state index contributed by atoms with van der Waals surface area (Å²) in [5, 5.41) is 0. The second-order valence-electron chi connectivity index (χ2n) is 6.47. The summed E-state index contributed by atoms with van der Waals surface area (Å²) in [6, 6.07) is 0. The molecule has 0 amide bonds. The van der Waals surface area contributed by atoms with Crippen molar-refractivity contribution in [2.24, 2.45) is 0 Å². The van der Waals surface area contributed by atoms with Crippen molar-refractivity contribution >= 4 is 0 Å². The Labute approximate surface area is 140 Å². The fraction of sp³-hybridized carbons (Fsp3) is 0.636. The fourth-order valence-electron chi connectivity index (χ4n) is 2.68. The summed E-state index contributed by atoms with van der Waals surface area (Å²) in [7, 11) is 0. The minimum absolute atomic E-state index is 1.13. The molecule has 0 nitrogen and oxygen atoms in total. The number of unbranched alkanes of at least 4 members (excludes halogenated alkanes) is 11. The van der Waals surface area contributed by atoms with Crippen LogP contribution in [-0.4, -0.2) is 0 Å². The molecule has 0 aliphatic heterocycles. The van der Waals surface area contributed by atoms with Gasteiger partial charge in [-0.3, -0.25) is 0 Å². The van der Waals surface area contributed by atoms with Crippen molar-refractivity contribution < 1.29 is 0 Å². The Morgan fingerprint density at radius 3 is 0.909 bits per heavy atom. The number of hydrogen-bond donors (Lipinski definition) is 0. The normalized spacial score (nSPS) is 10.4. The minimum atomic E-state index is 1.13. The van der Waals surface area contributed by atoms with E-state index in [9.17, 15) is 0 Å². The molecule has 22 heavy (non-hydrogen) atoms. The van der Waals surface area contributed by atoms with Gasteiger partial charge in [-0.1, -0.05) is 114 Å². The molecule has 0 fully saturated rings. The van der Waals surface area contributed by atoms with Crippen LogP contribution in [0.5, 0.6) is 0 Å². The van der Waals surface area contributed by atoms with Crippen LogP contribution in [-0.2, 0) is 0 Å². The van der Waals surface area contributed by atoms with Gasteiger partial charge in [0.05, 0.1) is 0 Å². The maximum Gasteiger partial charge on any atom is -0.0285 e. The van der Waals surface area contributed by atoms with Crippen molar-refractivity contribution in [3.63, 3.8) is 0 Å². The predicted molar refractivity (Wildman–Crippen MR) is 103 cm³/mol. The first kappa shape index (κ1) is 21.0. The summed E-state index contributed by atoms with van der Waals surface area (Å²) in [5.41, 5.74) is 2.38. The molecule has 0 bridgehead atoms. The lowest BCUT2D eigenvalue weighted by Gasteiger charge is -2.04. The molecule has 0 aliphatic rings. The second-order valence-corrected chi connectivity index (χ2v) is 6.47. The summed E-state index contributed by atoms with van der Waals surface area (Å²) < 4.78 is 0. The summed E-state index contributed by atoms with van der Waals surface area (Å²) in [5.74, 6) is 0. The zero-order chi connectivity index (χ0) is 16.5. The van der Waals surface area contributed by atoms with E-state index >= 15 is 0 Å². The van der Waals surface area contributed by atoms with E-state index in [2.05, 4.69) is 26.3 Å². The molecule has 0 saturated carbocycles. The minimum Gasteiger partial charge on any atom is -0.0988 e. The molecule has 0 saturated heterocycles. The first-order chi connectivity index (χ1) is 10.7. The topological polar surface area (TPSA) is 0 Å². The Morgan fingerprint density at radius 1 is 0.455 bits per heavy atom. The van der Waals surface area contributed by atoms with E-state index < -0.39 is 0 Å². The van der Waals surface area contributed by atoms with Gasteiger partial charge in [0, 0.05) is 0 Å². The van der Waals surface area contributed by atoms with Crippen LogP contribution in [0.2, 0.25) is 0 Å². The Bertz CT molecular complexity index is 276. The summed E-state index contributed by atoms with van der Waals surface area (Å²) in [4.78, 5) is 0. The van der Waals surface area contributed by atoms with Crippen molar-refractivity contribution in [1.29, 1.82) is 0 Å². The second kappa shape index (κ2) is 16.3. The highest BCUT2D eigenvalue weighted by Crippen LogP contribution is 2.15. The van der Waals surface area contributed by atoms with E-state index in [4.69, 9.17) is 0 Å². The molecule has 0 heterocycles. The van der Waals surface area contributed by atoms with Gasteiger partial charge in [0.25, 0.3) is 0 Å². The maximum atomic E-state index is 3.95. The van der Waals surface area contributed by atoms with Crippen LogP contribution in [0.1, 0.15) is 89.9 Å². The van der Waals surface area contributed by atoms with E-state index in [1.54, 1.807) is 0 Å². The van der Waals surface area contributed by atoms with Crippen molar-refractivity contribution in [2.45, 2.75) is 89.9 Å². The Hall–Kier alpha value is -1.04. The molecular weight excluding hydrogens is 264 g/mol. The summed E-state index contributed by atoms with van der Waals surface area (Å²) in [6.45, 7) is 15.4. The highest BCUT2D eigenvalue weighted by atomic mass is 14.0. The molecule has 0 heteroatoms. The van der Waals surface area contributed by atoms with Gasteiger partial charge < -0.3 is 0 Å². The zero-order valence-electron chi connectivity index (χ0n) is 14.9. The SMILES string of the molecule is C=CC(=C)CCCCCCCCCCCCCCC(=C)C=C. The van der Waals surface area contributed by atoms with E-state index in [1.165, 1.54) is 88.2 Å². The third-order valence-electron chi connectivity index (χ3n) is 4.32. The third-order valence-corrected chi connectivity index (χ3v) is 4.32. The Balaban J connectivity index is 3.08. The quantitative estimate of drug-likeness (QED) is 0.189. The fourth-order valence-corrected chi connectivity index (χ4v) is 2.68. The van der Waals surface area contributed by atoms with Gasteiger partial charge in [0.15, 0.2) is 0 Å². The smallest absolute Gasteiger partial charge is 0.0285 e. The number of allylic oxidation sites excluding steroid dienone is 4. The van der Waals surface area contributed by atoms with E-state index in [0.29, 0.717) is 0 Å². The van der Waals surface area contributed by atoms with Crippen LogP contribution in [0.25, 0.3) is 0 Å². The largest absolute Gasteiger partial charge is 0.0988 e. The zero-order valence-corrected chi connectivity index (χ0v) is 14.9. The lowest BCUT2D eigenvalue weighted by molar-refractivity contribution is 0.541. The van der Waals surface area contributed by atoms with Crippen LogP contribution >= 0.6 is 0 Å². The van der Waals surface area contributed by atoms with Gasteiger partial charge in [-0.05, 0) is 25.7 Å². The molecular formula is C22H38. The molecule has 0 aliphatic carbocycles. The molecule has 0 aromatic rings. The van der Waals surface area contributed by atoms with Gasteiger partial charge in [-0.15, -0.1) is 0 Å². The molecule has 0 atom stereocenters. The third kappa shape index (κ3) is 15.4. The summed E-state index contributed by atoms with van der Waals surface area (Å²) in [6.07, 6.45) is 22.6. The Morgan fingerprint density at radius 2 is 0.682 bits per heavy atom. The van der Waals surface area contributed by atoms with Crippen LogP contribution in [0.3, 0.4) is 0 Å². The van der Waals surface area contributed by atoms with Gasteiger partial charge in [0.2, 0.25) is 0 Å². The monoisotopic (exact) mass is 302 g/mol. The highest BCUT2D eigenvalue weighted by Gasteiger charge is 1.95. The van der Waals surface area contributed by atoms with Crippen molar-refractivity contribution in [3.8, 4) is 0 Å².